The van der Waals surface area contributed by atoms with Crippen molar-refractivity contribution in [3.05, 3.63) is 71.2 Å². The first-order chi connectivity index (χ1) is 17.8. The van der Waals surface area contributed by atoms with E-state index in [2.05, 4.69) is 49.4 Å². The number of nitrogens with zero attached hydrogens (tertiary/aromatic N) is 4. The summed E-state index contributed by atoms with van der Waals surface area (Å²) in [5.41, 5.74) is 8.87. The van der Waals surface area contributed by atoms with Crippen molar-refractivity contribution in [2.45, 2.75) is 26.3 Å². The first-order valence-corrected chi connectivity index (χ1v) is 11.7. The summed E-state index contributed by atoms with van der Waals surface area (Å²) in [4.78, 5) is 36.6. The molecule has 0 radical (unpaired) electrons. The molecule has 3 heterocycles. The SMILES string of the molecule is CC#CC=O.Cc1ccnc(NC(=O)c2ccc(C(=N)c3c(N)ncnc3NC3CCN(C)C3)cc2)c1. The molecule has 2 aromatic heterocycles. The van der Waals surface area contributed by atoms with Crippen molar-refractivity contribution >= 4 is 35.4 Å². The Kier molecular flexibility index (Phi) is 9.41. The number of pyridine rings is 1. The lowest BCUT2D eigenvalue weighted by Crippen LogP contribution is -2.26. The Morgan fingerprint density at radius 3 is 2.51 bits per heavy atom. The number of nitrogens with one attached hydrogen (secondary N) is 3. The highest BCUT2D eigenvalue weighted by atomic mass is 16.1. The number of aromatic nitrogens is 3. The van der Waals surface area contributed by atoms with E-state index in [0.717, 1.165) is 25.1 Å². The highest BCUT2D eigenvalue weighted by Crippen LogP contribution is 2.24. The molecular formula is C27H30N8O2. The van der Waals surface area contributed by atoms with E-state index in [1.54, 1.807) is 43.5 Å². The monoisotopic (exact) mass is 498 g/mol. The molecule has 10 heteroatoms. The summed E-state index contributed by atoms with van der Waals surface area (Å²) in [7, 11) is 2.08. The molecule has 1 saturated heterocycles. The van der Waals surface area contributed by atoms with Crippen LogP contribution >= 0.6 is 0 Å². The number of carbonyl (C=O) groups is 2. The summed E-state index contributed by atoms with van der Waals surface area (Å²) in [5.74, 6) is 5.60. The topological polar surface area (TPSA) is 150 Å². The van der Waals surface area contributed by atoms with Crippen LogP contribution in [0.3, 0.4) is 0 Å². The Hall–Kier alpha value is -4.62. The van der Waals surface area contributed by atoms with Crippen LogP contribution in [0.4, 0.5) is 17.5 Å². The number of nitrogens with two attached hydrogens (primary N) is 1. The maximum absolute atomic E-state index is 12.5. The largest absolute Gasteiger partial charge is 0.383 e. The zero-order chi connectivity index (χ0) is 26.8. The molecule has 1 atom stereocenters. The predicted octanol–water partition coefficient (Wildman–Crippen LogP) is 2.76. The average molecular weight is 499 g/mol. The van der Waals surface area contributed by atoms with Crippen molar-refractivity contribution in [1.82, 2.24) is 19.9 Å². The van der Waals surface area contributed by atoms with Gasteiger partial charge in [-0.2, -0.15) is 0 Å². The third kappa shape index (κ3) is 7.43. The van der Waals surface area contributed by atoms with Gasteiger partial charge in [0.1, 0.15) is 23.8 Å². The number of aryl methyl sites for hydroxylation is 1. The predicted molar refractivity (Wildman–Crippen MR) is 145 cm³/mol. The third-order valence-corrected chi connectivity index (χ3v) is 5.65. The Bertz CT molecular complexity index is 1330. The van der Waals surface area contributed by atoms with Gasteiger partial charge in [-0.05, 0) is 69.6 Å². The molecule has 190 valence electrons. The Labute approximate surface area is 216 Å². The van der Waals surface area contributed by atoms with E-state index in [1.165, 1.54) is 6.33 Å². The smallest absolute Gasteiger partial charge is 0.256 e. The Morgan fingerprint density at radius 2 is 1.92 bits per heavy atom. The van der Waals surface area contributed by atoms with Crippen LogP contribution in [0.1, 0.15) is 40.4 Å². The van der Waals surface area contributed by atoms with Gasteiger partial charge in [-0.15, -0.1) is 0 Å². The fourth-order valence-electron chi connectivity index (χ4n) is 3.79. The number of likely N-dealkylation sites (N-methyl/N-ethyl adjacent to an activating group) is 1. The van der Waals surface area contributed by atoms with E-state index in [4.69, 9.17) is 11.1 Å². The van der Waals surface area contributed by atoms with E-state index in [-0.39, 0.29) is 23.5 Å². The number of benzene rings is 1. The minimum absolute atomic E-state index is 0.198. The standard InChI is InChI=1S/C23H26N8O.C4H4O/c1-14-7-9-26-18(11-14)30-23(32)16-5-3-15(4-6-16)20(24)19-21(25)27-13-28-22(19)29-17-8-10-31(2)12-17;1-2-3-4-5/h3-7,9,11,13,17,24H,8,10,12H2,1-2H3,(H,26,30,32)(H3,25,27,28,29);4H,1H3. The van der Waals surface area contributed by atoms with E-state index in [9.17, 15) is 9.59 Å². The van der Waals surface area contributed by atoms with Gasteiger partial charge in [-0.1, -0.05) is 18.1 Å². The summed E-state index contributed by atoms with van der Waals surface area (Å²) in [5, 5.41) is 14.9. The zero-order valence-electron chi connectivity index (χ0n) is 21.1. The molecule has 1 aliphatic rings. The van der Waals surface area contributed by atoms with Crippen molar-refractivity contribution in [2.75, 3.05) is 36.5 Å². The molecule has 1 aromatic carbocycles. The third-order valence-electron chi connectivity index (χ3n) is 5.65. The molecule has 3 aromatic rings. The summed E-state index contributed by atoms with van der Waals surface area (Å²) >= 11 is 0. The van der Waals surface area contributed by atoms with E-state index in [1.807, 2.05) is 13.0 Å². The first-order valence-electron chi connectivity index (χ1n) is 11.7. The number of nitrogen functional groups attached to an aromatic ring is 1. The van der Waals surface area contributed by atoms with E-state index in [0.29, 0.717) is 34.6 Å². The molecule has 1 unspecified atom stereocenters. The second-order valence-corrected chi connectivity index (χ2v) is 8.51. The van der Waals surface area contributed by atoms with Gasteiger partial charge in [0.15, 0.2) is 6.29 Å². The van der Waals surface area contributed by atoms with Gasteiger partial charge >= 0.3 is 0 Å². The fraction of sp³-hybridized carbons (Fsp3) is 0.259. The average Bonchev–Trinajstić information content (AvgIpc) is 3.29. The molecule has 10 nitrogen and oxygen atoms in total. The van der Waals surface area contributed by atoms with Crippen molar-refractivity contribution in [3.63, 3.8) is 0 Å². The van der Waals surface area contributed by atoms with Crippen LogP contribution in [0, 0.1) is 24.2 Å². The number of hydrogen-bond acceptors (Lipinski definition) is 9. The van der Waals surface area contributed by atoms with Crippen molar-refractivity contribution in [3.8, 4) is 11.8 Å². The van der Waals surface area contributed by atoms with Crippen molar-refractivity contribution in [1.29, 1.82) is 5.41 Å². The molecule has 0 bridgehead atoms. The van der Waals surface area contributed by atoms with Gasteiger partial charge < -0.3 is 21.3 Å². The lowest BCUT2D eigenvalue weighted by Gasteiger charge is -2.18. The second kappa shape index (κ2) is 12.9. The quantitative estimate of drug-likeness (QED) is 0.230. The maximum Gasteiger partial charge on any atom is 0.256 e. The maximum atomic E-state index is 12.5. The number of likely N-dealkylation sites (tertiary alicyclic amines) is 1. The minimum Gasteiger partial charge on any atom is -0.383 e. The summed E-state index contributed by atoms with van der Waals surface area (Å²) < 4.78 is 0. The summed E-state index contributed by atoms with van der Waals surface area (Å²) in [6.07, 6.45) is 4.61. The van der Waals surface area contributed by atoms with Crippen LogP contribution in [0.25, 0.3) is 0 Å². The summed E-state index contributed by atoms with van der Waals surface area (Å²) in [6.45, 7) is 5.46. The number of rotatable bonds is 6. The van der Waals surface area contributed by atoms with Gasteiger partial charge in [-0.25, -0.2) is 15.0 Å². The van der Waals surface area contributed by atoms with E-state index >= 15 is 0 Å². The molecule has 1 amide bonds. The summed E-state index contributed by atoms with van der Waals surface area (Å²) in [6, 6.07) is 10.7. The van der Waals surface area contributed by atoms with Crippen LogP contribution in [-0.2, 0) is 4.79 Å². The van der Waals surface area contributed by atoms with Crippen LogP contribution < -0.4 is 16.4 Å². The number of carbonyl (C=O) groups excluding carboxylic acids is 2. The van der Waals surface area contributed by atoms with Crippen molar-refractivity contribution < 1.29 is 9.59 Å². The molecule has 37 heavy (non-hydrogen) atoms. The first kappa shape index (κ1) is 27.0. The van der Waals surface area contributed by atoms with Crippen LogP contribution in [0.5, 0.6) is 0 Å². The van der Waals surface area contributed by atoms with Gasteiger partial charge in [0.25, 0.3) is 5.91 Å². The minimum atomic E-state index is -0.267. The second-order valence-electron chi connectivity index (χ2n) is 8.51. The molecule has 0 spiro atoms. The lowest BCUT2D eigenvalue weighted by molar-refractivity contribution is -0.103. The number of amides is 1. The van der Waals surface area contributed by atoms with Crippen LogP contribution in [0.15, 0.2) is 48.9 Å². The van der Waals surface area contributed by atoms with Crippen LogP contribution in [-0.4, -0.2) is 63.9 Å². The Balaban J connectivity index is 0.000000695. The number of hydrogen-bond donors (Lipinski definition) is 4. The molecule has 1 fully saturated rings. The molecular weight excluding hydrogens is 468 g/mol. The van der Waals surface area contributed by atoms with E-state index < -0.39 is 0 Å². The molecule has 5 N–H and O–H groups in total. The fourth-order valence-corrected chi connectivity index (χ4v) is 3.79. The molecule has 4 rings (SSSR count). The molecule has 1 aliphatic heterocycles. The van der Waals surface area contributed by atoms with Crippen molar-refractivity contribution in [2.24, 2.45) is 0 Å². The van der Waals surface area contributed by atoms with Gasteiger partial charge in [-0.3, -0.25) is 15.0 Å². The lowest BCUT2D eigenvalue weighted by atomic mass is 10.0. The zero-order valence-corrected chi connectivity index (χ0v) is 21.1. The molecule has 0 saturated carbocycles. The highest BCUT2D eigenvalue weighted by molar-refractivity contribution is 6.16. The Morgan fingerprint density at radius 1 is 1.19 bits per heavy atom. The normalized spacial score (nSPS) is 14.4. The van der Waals surface area contributed by atoms with Gasteiger partial charge in [0.05, 0.1) is 11.3 Å². The van der Waals surface area contributed by atoms with Crippen LogP contribution in [0.2, 0.25) is 0 Å². The number of anilines is 3. The number of aldehydes is 1. The molecule has 0 aliphatic carbocycles. The highest BCUT2D eigenvalue weighted by Gasteiger charge is 2.23. The van der Waals surface area contributed by atoms with Gasteiger partial charge in [0, 0.05) is 29.9 Å². The van der Waals surface area contributed by atoms with Gasteiger partial charge in [0.2, 0.25) is 0 Å².